The molecule has 1 amide bonds. The number of hydrogen-bond donors (Lipinski definition) is 5. The molecule has 3 aliphatic rings. The van der Waals surface area contributed by atoms with Crippen LogP contribution in [0, 0.1) is 11.8 Å². The standard InChI is InChI=1S/C32H61N3O10/c1-17-13-31(6,40)28(45-30-25(37)23(34(8)9)12-18(2)42-30)19(3)26(20(4)29(39)33-15-22(36)16-35(17)10)44-24-14-32(7,41-11)27(38)21(5)43-24/h17-28,30,36-38,40H,12-16H2,1-11H3,(H,33,39)/t17-,18?,19+,20-,21?,22?,23?,24?,25?,26+,27?,28-,30?,31?,32?/m1/s1. The number of aliphatic hydroxyl groups excluding tert-OH is 3. The van der Waals surface area contributed by atoms with Gasteiger partial charge in [0.2, 0.25) is 5.91 Å². The van der Waals surface area contributed by atoms with Crippen molar-refractivity contribution in [2.75, 3.05) is 41.3 Å². The molecule has 0 aromatic heterocycles. The molecule has 0 bridgehead atoms. The fraction of sp³-hybridized carbons (Fsp3) is 0.969. The molecule has 264 valence electrons. The second kappa shape index (κ2) is 15.5. The quantitative estimate of drug-likeness (QED) is 0.269. The van der Waals surface area contributed by atoms with Crippen LogP contribution >= 0.6 is 0 Å². The van der Waals surface area contributed by atoms with Gasteiger partial charge in [0, 0.05) is 44.6 Å². The molecule has 0 aromatic carbocycles. The number of methoxy groups -OCH3 is 1. The van der Waals surface area contributed by atoms with Crippen molar-refractivity contribution < 1.29 is 48.9 Å². The lowest BCUT2D eigenvalue weighted by molar-refractivity contribution is -0.317. The maximum Gasteiger partial charge on any atom is 0.225 e. The number of likely N-dealkylation sites (N-methyl/N-ethyl adjacent to an activating group) is 2. The third-order valence-corrected chi connectivity index (χ3v) is 10.3. The topological polar surface area (TPSA) is 163 Å². The zero-order chi connectivity index (χ0) is 34.0. The van der Waals surface area contributed by atoms with Crippen LogP contribution < -0.4 is 5.32 Å². The van der Waals surface area contributed by atoms with E-state index in [1.165, 1.54) is 7.11 Å². The number of carbonyl (C=O) groups is 1. The minimum atomic E-state index is -1.49. The first-order chi connectivity index (χ1) is 20.8. The number of β-amino-alcohol motifs (C(OH)–C–C–N with tert-alkyl or cyclic N) is 1. The van der Waals surface area contributed by atoms with Gasteiger partial charge in [-0.25, -0.2) is 0 Å². The van der Waals surface area contributed by atoms with Crippen molar-refractivity contribution in [3.8, 4) is 0 Å². The summed E-state index contributed by atoms with van der Waals surface area (Å²) in [5.41, 5.74) is -2.44. The lowest BCUT2D eigenvalue weighted by Crippen LogP contribution is -2.61. The van der Waals surface area contributed by atoms with Crippen molar-refractivity contribution in [1.29, 1.82) is 0 Å². The summed E-state index contributed by atoms with van der Waals surface area (Å²) in [6.45, 7) is 13.0. The van der Waals surface area contributed by atoms with Crippen LogP contribution in [0.5, 0.6) is 0 Å². The van der Waals surface area contributed by atoms with Crippen LogP contribution in [0.15, 0.2) is 0 Å². The van der Waals surface area contributed by atoms with Gasteiger partial charge in [-0.05, 0) is 68.6 Å². The lowest BCUT2D eigenvalue weighted by atomic mass is 9.78. The maximum absolute atomic E-state index is 13.6. The molecule has 0 aliphatic carbocycles. The Morgan fingerprint density at radius 3 is 2.27 bits per heavy atom. The number of ether oxygens (including phenoxy) is 5. The third-order valence-electron chi connectivity index (χ3n) is 10.3. The first-order valence-electron chi connectivity index (χ1n) is 16.4. The molecule has 3 aliphatic heterocycles. The first-order valence-corrected chi connectivity index (χ1v) is 16.4. The van der Waals surface area contributed by atoms with Gasteiger partial charge in [0.05, 0.1) is 47.6 Å². The minimum absolute atomic E-state index is 0.0501. The highest BCUT2D eigenvalue weighted by Gasteiger charge is 2.51. The molecule has 0 spiro atoms. The van der Waals surface area contributed by atoms with Crippen molar-refractivity contribution in [2.45, 2.75) is 146 Å². The summed E-state index contributed by atoms with van der Waals surface area (Å²) in [6.07, 6.45) is -6.19. The van der Waals surface area contributed by atoms with E-state index in [0.29, 0.717) is 6.42 Å². The average Bonchev–Trinajstić information content (AvgIpc) is 2.95. The molecule has 0 aromatic rings. The molecule has 3 heterocycles. The molecule has 5 N–H and O–H groups in total. The van der Waals surface area contributed by atoms with Crippen LogP contribution in [-0.4, -0.2) is 156 Å². The first kappa shape index (κ1) is 38.5. The molecule has 15 atom stereocenters. The van der Waals surface area contributed by atoms with Gasteiger partial charge in [-0.1, -0.05) is 13.8 Å². The monoisotopic (exact) mass is 647 g/mol. The van der Waals surface area contributed by atoms with E-state index in [4.69, 9.17) is 23.7 Å². The van der Waals surface area contributed by atoms with Crippen molar-refractivity contribution in [3.63, 3.8) is 0 Å². The van der Waals surface area contributed by atoms with E-state index in [9.17, 15) is 25.2 Å². The summed E-state index contributed by atoms with van der Waals surface area (Å²) in [4.78, 5) is 17.5. The van der Waals surface area contributed by atoms with Gasteiger partial charge in [-0.3, -0.25) is 4.79 Å². The number of rotatable bonds is 6. The number of nitrogens with one attached hydrogen (secondary N) is 1. The maximum atomic E-state index is 13.6. The van der Waals surface area contributed by atoms with Crippen LogP contribution in [0.1, 0.15) is 67.7 Å². The highest BCUT2D eigenvalue weighted by atomic mass is 16.7. The lowest BCUT2D eigenvalue weighted by Gasteiger charge is -2.49. The normalized spacial score (nSPS) is 48.3. The van der Waals surface area contributed by atoms with Crippen molar-refractivity contribution >= 4 is 5.91 Å². The number of hydrogen-bond acceptors (Lipinski definition) is 12. The zero-order valence-corrected chi connectivity index (χ0v) is 29.2. The summed E-state index contributed by atoms with van der Waals surface area (Å²) in [5, 5.41) is 48.0. The Labute approximate surface area is 269 Å². The Hall–Kier alpha value is -0.970. The predicted molar refractivity (Wildman–Crippen MR) is 167 cm³/mol. The highest BCUT2D eigenvalue weighted by molar-refractivity contribution is 5.79. The molecule has 13 nitrogen and oxygen atoms in total. The molecule has 3 rings (SSSR count). The van der Waals surface area contributed by atoms with E-state index in [1.54, 1.807) is 27.7 Å². The molecule has 3 saturated heterocycles. The van der Waals surface area contributed by atoms with Crippen molar-refractivity contribution in [2.24, 2.45) is 11.8 Å². The molecule has 3 fully saturated rings. The van der Waals surface area contributed by atoms with Gasteiger partial charge in [-0.2, -0.15) is 0 Å². The van der Waals surface area contributed by atoms with Gasteiger partial charge in [-0.15, -0.1) is 0 Å². The van der Waals surface area contributed by atoms with Crippen LogP contribution in [0.2, 0.25) is 0 Å². The summed E-state index contributed by atoms with van der Waals surface area (Å²) in [6, 6.07) is -0.411. The Bertz CT molecular complexity index is 958. The van der Waals surface area contributed by atoms with E-state index >= 15 is 0 Å². The summed E-state index contributed by atoms with van der Waals surface area (Å²) >= 11 is 0. The van der Waals surface area contributed by atoms with E-state index < -0.39 is 72.2 Å². The van der Waals surface area contributed by atoms with Gasteiger partial charge in [0.1, 0.15) is 12.2 Å². The number of aliphatic hydroxyl groups is 4. The van der Waals surface area contributed by atoms with E-state index in [1.807, 2.05) is 51.7 Å². The van der Waals surface area contributed by atoms with Gasteiger partial charge in [0.25, 0.3) is 0 Å². The summed E-state index contributed by atoms with van der Waals surface area (Å²) < 4.78 is 31.2. The summed E-state index contributed by atoms with van der Waals surface area (Å²) in [7, 11) is 7.18. The smallest absolute Gasteiger partial charge is 0.225 e. The van der Waals surface area contributed by atoms with Crippen LogP contribution in [-0.2, 0) is 28.5 Å². The van der Waals surface area contributed by atoms with E-state index in [0.717, 1.165) is 0 Å². The van der Waals surface area contributed by atoms with Crippen LogP contribution in [0.4, 0.5) is 0 Å². The molecule has 0 saturated carbocycles. The average molecular weight is 648 g/mol. The Morgan fingerprint density at radius 1 is 1.02 bits per heavy atom. The Morgan fingerprint density at radius 2 is 1.67 bits per heavy atom. The molecule has 0 radical (unpaired) electrons. The zero-order valence-electron chi connectivity index (χ0n) is 29.2. The number of carbonyl (C=O) groups excluding carboxylic acids is 1. The largest absolute Gasteiger partial charge is 0.390 e. The molecule has 10 unspecified atom stereocenters. The number of amides is 1. The van der Waals surface area contributed by atoms with Crippen molar-refractivity contribution in [3.05, 3.63) is 0 Å². The van der Waals surface area contributed by atoms with Gasteiger partial charge < -0.3 is 59.2 Å². The number of nitrogens with zero attached hydrogens (tertiary/aromatic N) is 2. The van der Waals surface area contributed by atoms with E-state index in [-0.39, 0.29) is 50.0 Å². The SMILES string of the molecule is COC1(C)CC(O[C@H]2[C@H](C)[C@@H](OC3OC(C)CC(N(C)C)C3O)C(C)(O)C[C@@H](C)N(C)CC(O)CNC(=O)[C@@H]2C)OC(C)C1O. The molecule has 45 heavy (non-hydrogen) atoms. The predicted octanol–water partition coefficient (Wildman–Crippen LogP) is 0.308. The fourth-order valence-electron chi connectivity index (χ4n) is 7.25. The highest BCUT2D eigenvalue weighted by Crippen LogP contribution is 2.39. The minimum Gasteiger partial charge on any atom is -0.390 e. The second-order valence-corrected chi connectivity index (χ2v) is 14.6. The van der Waals surface area contributed by atoms with Crippen LogP contribution in [0.3, 0.4) is 0 Å². The third kappa shape index (κ3) is 9.14. The molecular weight excluding hydrogens is 586 g/mol. The summed E-state index contributed by atoms with van der Waals surface area (Å²) in [5.74, 6) is -1.74. The molecule has 13 heteroatoms. The van der Waals surface area contributed by atoms with Crippen LogP contribution in [0.25, 0.3) is 0 Å². The molecular formula is C32H61N3O10. The fourth-order valence-corrected chi connectivity index (χ4v) is 7.25. The van der Waals surface area contributed by atoms with Crippen molar-refractivity contribution in [1.82, 2.24) is 15.1 Å². The Balaban J connectivity index is 2.06. The van der Waals surface area contributed by atoms with Gasteiger partial charge >= 0.3 is 0 Å². The van der Waals surface area contributed by atoms with E-state index in [2.05, 4.69) is 5.32 Å². The Kier molecular flexibility index (Phi) is 13.3. The second-order valence-electron chi connectivity index (χ2n) is 14.6. The van der Waals surface area contributed by atoms with Gasteiger partial charge in [0.15, 0.2) is 12.6 Å².